The van der Waals surface area contributed by atoms with Crippen LogP contribution in [0.1, 0.15) is 32.1 Å². The van der Waals surface area contributed by atoms with Crippen LogP contribution in [0, 0.1) is 0 Å². The Bertz CT molecular complexity index is 420. The predicted octanol–water partition coefficient (Wildman–Crippen LogP) is 0.476. The maximum atomic E-state index is 12.0. The molecule has 22 heavy (non-hydrogen) atoms. The molecule has 0 saturated heterocycles. The summed E-state index contributed by atoms with van der Waals surface area (Å²) in [6, 6.07) is -0.441. The Morgan fingerprint density at radius 2 is 2.00 bits per heavy atom. The second-order valence-electron chi connectivity index (χ2n) is 5.69. The van der Waals surface area contributed by atoms with E-state index in [1.54, 1.807) is 12.2 Å². The molecule has 1 fully saturated rings. The number of rotatable bonds is 5. The minimum atomic E-state index is -0.575. The topological polar surface area (TPSA) is 96.9 Å². The number of urea groups is 1. The Morgan fingerprint density at radius 1 is 1.27 bits per heavy atom. The number of hydrogen-bond donors (Lipinski definition) is 3. The van der Waals surface area contributed by atoms with Gasteiger partial charge in [-0.3, -0.25) is 4.79 Å². The lowest BCUT2D eigenvalue weighted by atomic mass is 10.1. The van der Waals surface area contributed by atoms with E-state index in [0.717, 1.165) is 25.7 Å². The van der Waals surface area contributed by atoms with E-state index in [1.807, 2.05) is 0 Å². The molecule has 1 aliphatic carbocycles. The molecule has 0 unspecified atom stereocenters. The first-order valence-electron chi connectivity index (χ1n) is 7.71. The van der Waals surface area contributed by atoms with Gasteiger partial charge in [-0.05, 0) is 12.8 Å². The first-order chi connectivity index (χ1) is 10.6. The maximum Gasteiger partial charge on any atom is 0.315 e. The first-order valence-corrected chi connectivity index (χ1v) is 7.71. The summed E-state index contributed by atoms with van der Waals surface area (Å²) in [5, 5.41) is 15.1. The second kappa shape index (κ2) is 8.14. The van der Waals surface area contributed by atoms with Crippen molar-refractivity contribution in [2.45, 2.75) is 56.4 Å². The van der Waals surface area contributed by atoms with Crippen LogP contribution in [0.3, 0.4) is 0 Å². The average Bonchev–Trinajstić information content (AvgIpc) is 3.01. The normalized spacial score (nSPS) is 28.4. The Kier molecular flexibility index (Phi) is 6.21. The van der Waals surface area contributed by atoms with Crippen LogP contribution in [0.2, 0.25) is 0 Å². The highest BCUT2D eigenvalue weighted by molar-refractivity contribution is 5.75. The van der Waals surface area contributed by atoms with Gasteiger partial charge in [0.1, 0.15) is 6.10 Å². The molecule has 1 heterocycles. The van der Waals surface area contributed by atoms with Crippen LogP contribution >= 0.6 is 0 Å². The average molecular weight is 312 g/mol. The fourth-order valence-electron chi connectivity index (χ4n) is 2.83. The summed E-state index contributed by atoms with van der Waals surface area (Å²) in [5.74, 6) is -0.378. The zero-order valence-corrected chi connectivity index (χ0v) is 12.8. The third-order valence-electron chi connectivity index (χ3n) is 4.05. The molecule has 0 aromatic carbocycles. The lowest BCUT2D eigenvalue weighted by Crippen LogP contribution is -2.52. The van der Waals surface area contributed by atoms with Crippen LogP contribution in [-0.4, -0.2) is 55.1 Å². The Labute approximate surface area is 130 Å². The molecule has 1 aliphatic heterocycles. The monoisotopic (exact) mass is 312 g/mol. The molecule has 0 aromatic rings. The summed E-state index contributed by atoms with van der Waals surface area (Å²) in [7, 11) is 1.32. The number of carbonyl (C=O) groups is 2. The van der Waals surface area contributed by atoms with Crippen LogP contribution in [0.15, 0.2) is 12.2 Å². The van der Waals surface area contributed by atoms with Gasteiger partial charge in [-0.15, -0.1) is 0 Å². The van der Waals surface area contributed by atoms with E-state index in [0.29, 0.717) is 0 Å². The van der Waals surface area contributed by atoms with Gasteiger partial charge in [0.15, 0.2) is 0 Å². The largest absolute Gasteiger partial charge is 0.469 e. The van der Waals surface area contributed by atoms with Crippen LogP contribution in [0.5, 0.6) is 0 Å². The van der Waals surface area contributed by atoms with Gasteiger partial charge in [0.25, 0.3) is 0 Å². The number of carbonyl (C=O) groups excluding carboxylic acids is 2. The number of amides is 2. The molecule has 3 atom stereocenters. The number of esters is 1. The number of hydrogen-bond acceptors (Lipinski definition) is 5. The first kappa shape index (κ1) is 16.8. The smallest absolute Gasteiger partial charge is 0.315 e. The summed E-state index contributed by atoms with van der Waals surface area (Å²) in [4.78, 5) is 23.2. The lowest BCUT2D eigenvalue weighted by molar-refractivity contribution is -0.144. The van der Waals surface area contributed by atoms with Crippen LogP contribution in [0.25, 0.3) is 0 Å². The number of nitrogens with one attached hydrogen (secondary N) is 2. The van der Waals surface area contributed by atoms with Crippen molar-refractivity contribution in [1.29, 1.82) is 0 Å². The van der Waals surface area contributed by atoms with Crippen molar-refractivity contribution < 1.29 is 24.2 Å². The van der Waals surface area contributed by atoms with E-state index in [2.05, 4.69) is 15.4 Å². The summed E-state index contributed by atoms with van der Waals surface area (Å²) >= 11 is 0. The van der Waals surface area contributed by atoms with Crippen LogP contribution in [0.4, 0.5) is 4.79 Å². The van der Waals surface area contributed by atoms with Crippen molar-refractivity contribution in [3.63, 3.8) is 0 Å². The molecule has 2 amide bonds. The maximum absolute atomic E-state index is 12.0. The Morgan fingerprint density at radius 3 is 2.64 bits per heavy atom. The molecule has 3 N–H and O–H groups in total. The van der Waals surface area contributed by atoms with Crippen molar-refractivity contribution in [3.8, 4) is 0 Å². The summed E-state index contributed by atoms with van der Waals surface area (Å²) in [5.41, 5.74) is 0. The number of aliphatic hydroxyl groups is 1. The molecule has 2 aliphatic rings. The van der Waals surface area contributed by atoms with Crippen LogP contribution in [-0.2, 0) is 14.3 Å². The molecule has 0 aromatic heterocycles. The molecule has 0 bridgehead atoms. The lowest BCUT2D eigenvalue weighted by Gasteiger charge is -2.31. The summed E-state index contributed by atoms with van der Waals surface area (Å²) in [6.45, 7) is -0.240. The fourth-order valence-corrected chi connectivity index (χ4v) is 2.83. The van der Waals surface area contributed by atoms with E-state index >= 15 is 0 Å². The Hall–Kier alpha value is -1.60. The van der Waals surface area contributed by atoms with Crippen molar-refractivity contribution in [2.75, 3.05) is 13.7 Å². The van der Waals surface area contributed by atoms with Crippen molar-refractivity contribution in [2.24, 2.45) is 0 Å². The van der Waals surface area contributed by atoms with E-state index in [-0.39, 0.29) is 31.1 Å². The highest BCUT2D eigenvalue weighted by atomic mass is 16.5. The van der Waals surface area contributed by atoms with E-state index in [4.69, 9.17) is 4.74 Å². The highest BCUT2D eigenvalue weighted by Gasteiger charge is 2.29. The third kappa shape index (κ3) is 4.71. The summed E-state index contributed by atoms with van der Waals surface area (Å²) in [6.07, 6.45) is 6.84. The van der Waals surface area contributed by atoms with Gasteiger partial charge in [0.2, 0.25) is 0 Å². The molecule has 7 nitrogen and oxygen atoms in total. The minimum absolute atomic E-state index is 0.0878. The van der Waals surface area contributed by atoms with E-state index < -0.39 is 18.2 Å². The minimum Gasteiger partial charge on any atom is -0.469 e. The van der Waals surface area contributed by atoms with Crippen molar-refractivity contribution in [1.82, 2.24) is 10.6 Å². The van der Waals surface area contributed by atoms with Crippen molar-refractivity contribution in [3.05, 3.63) is 12.2 Å². The number of methoxy groups -OCH3 is 1. The van der Waals surface area contributed by atoms with Crippen molar-refractivity contribution >= 4 is 12.0 Å². The standard InChI is InChI=1S/C15H24N2O5/c1-21-14(19)8-11-6-7-12(13(9-18)22-11)17-15(20)16-10-4-2-3-5-10/h6-7,10-13,18H,2-5,8-9H2,1H3,(H2,16,17,20)/t11-,12+,13+/m0/s1. The molecular weight excluding hydrogens is 288 g/mol. The predicted molar refractivity (Wildman–Crippen MR) is 79.2 cm³/mol. The van der Waals surface area contributed by atoms with Gasteiger partial charge in [-0.1, -0.05) is 25.0 Å². The SMILES string of the molecule is COC(=O)C[C@@H]1C=C[C@@H](NC(=O)NC2CCCC2)[C@@H](CO)O1. The van der Waals surface area contributed by atoms with Gasteiger partial charge in [-0.2, -0.15) is 0 Å². The molecule has 124 valence electrons. The molecule has 2 rings (SSSR count). The number of aliphatic hydroxyl groups excluding tert-OH is 1. The molecule has 1 saturated carbocycles. The summed E-state index contributed by atoms with van der Waals surface area (Å²) < 4.78 is 10.2. The molecule has 7 heteroatoms. The van der Waals surface area contributed by atoms with Crippen LogP contribution < -0.4 is 10.6 Å². The van der Waals surface area contributed by atoms with Gasteiger partial charge in [-0.25, -0.2) is 4.79 Å². The van der Waals surface area contributed by atoms with E-state index in [9.17, 15) is 14.7 Å². The van der Waals surface area contributed by atoms with Gasteiger partial charge >= 0.3 is 12.0 Å². The zero-order chi connectivity index (χ0) is 15.9. The molecular formula is C15H24N2O5. The fraction of sp³-hybridized carbons (Fsp3) is 0.733. The van der Waals surface area contributed by atoms with E-state index in [1.165, 1.54) is 7.11 Å². The molecule has 0 radical (unpaired) electrons. The number of ether oxygens (including phenoxy) is 2. The highest BCUT2D eigenvalue weighted by Crippen LogP contribution is 2.18. The zero-order valence-electron chi connectivity index (χ0n) is 12.8. The van der Waals surface area contributed by atoms with Gasteiger partial charge in [0.05, 0.1) is 32.3 Å². The van der Waals surface area contributed by atoms with Gasteiger partial charge < -0.3 is 25.2 Å². The quantitative estimate of drug-likeness (QED) is 0.507. The Balaban J connectivity index is 1.85. The second-order valence-corrected chi connectivity index (χ2v) is 5.69. The van der Waals surface area contributed by atoms with Gasteiger partial charge in [0, 0.05) is 6.04 Å². The third-order valence-corrected chi connectivity index (χ3v) is 4.05. The molecule has 0 spiro atoms.